The second-order valence-electron chi connectivity index (χ2n) is 6.61. The lowest BCUT2D eigenvalue weighted by Gasteiger charge is -2.42. The van der Waals surface area contributed by atoms with E-state index in [0.717, 1.165) is 25.7 Å². The molecule has 0 aromatic rings. The van der Waals surface area contributed by atoms with Gasteiger partial charge in [0, 0.05) is 5.41 Å². The summed E-state index contributed by atoms with van der Waals surface area (Å²) in [5, 5.41) is 10.4. The molecule has 1 rings (SSSR count). The van der Waals surface area contributed by atoms with Crippen LogP contribution in [0.15, 0.2) is 0 Å². The third-order valence-corrected chi connectivity index (χ3v) is 5.18. The minimum atomic E-state index is -0.567. The van der Waals surface area contributed by atoms with Crippen molar-refractivity contribution in [2.45, 2.75) is 66.4 Å². The van der Waals surface area contributed by atoms with E-state index < -0.39 is 6.10 Å². The quantitative estimate of drug-likeness (QED) is 0.769. The fourth-order valence-electron chi connectivity index (χ4n) is 2.79. The molecule has 0 saturated heterocycles. The summed E-state index contributed by atoms with van der Waals surface area (Å²) in [4.78, 5) is 11.6. The minimum absolute atomic E-state index is 0.0819. The van der Waals surface area contributed by atoms with Crippen LogP contribution in [0.25, 0.3) is 0 Å². The fourth-order valence-corrected chi connectivity index (χ4v) is 2.79. The van der Waals surface area contributed by atoms with Gasteiger partial charge >= 0.3 is 5.97 Å². The smallest absolute Gasteiger partial charge is 0.308 e. The lowest BCUT2D eigenvalue weighted by Crippen LogP contribution is -2.44. The van der Waals surface area contributed by atoms with Crippen LogP contribution in [-0.4, -0.2) is 23.8 Å². The lowest BCUT2D eigenvalue weighted by molar-refractivity contribution is -0.156. The number of rotatable bonds is 5. The first-order valence-corrected chi connectivity index (χ1v) is 7.09. The summed E-state index contributed by atoms with van der Waals surface area (Å²) in [5.74, 6) is -0.280. The van der Waals surface area contributed by atoms with E-state index in [-0.39, 0.29) is 29.3 Å². The summed E-state index contributed by atoms with van der Waals surface area (Å²) in [6.07, 6.45) is 3.47. The van der Waals surface area contributed by atoms with E-state index in [0.29, 0.717) is 0 Å². The van der Waals surface area contributed by atoms with Gasteiger partial charge in [-0.25, -0.2) is 0 Å². The van der Waals surface area contributed by atoms with Crippen LogP contribution in [0, 0.1) is 16.7 Å². The molecule has 0 spiro atoms. The number of esters is 1. The summed E-state index contributed by atoms with van der Waals surface area (Å²) in [6.45, 7) is 10.4. The SMILES string of the molecule is CCC(C)C(=O)OCC(O)C1(C)CCCC1(C)C. The Balaban J connectivity index is 2.56. The van der Waals surface area contributed by atoms with Gasteiger partial charge in [-0.2, -0.15) is 0 Å². The molecule has 3 atom stereocenters. The molecule has 1 aliphatic rings. The monoisotopic (exact) mass is 256 g/mol. The molecule has 1 fully saturated rings. The second kappa shape index (κ2) is 5.60. The number of hydrogen-bond acceptors (Lipinski definition) is 3. The van der Waals surface area contributed by atoms with E-state index >= 15 is 0 Å². The van der Waals surface area contributed by atoms with E-state index in [1.807, 2.05) is 13.8 Å². The van der Waals surface area contributed by atoms with Gasteiger partial charge in [0.05, 0.1) is 12.0 Å². The van der Waals surface area contributed by atoms with Crippen LogP contribution in [0.4, 0.5) is 0 Å². The van der Waals surface area contributed by atoms with Crippen LogP contribution in [0.3, 0.4) is 0 Å². The highest BCUT2D eigenvalue weighted by molar-refractivity contribution is 5.71. The molecule has 1 saturated carbocycles. The zero-order chi connectivity index (χ0) is 14.0. The molecule has 0 aromatic heterocycles. The lowest BCUT2D eigenvalue weighted by atomic mass is 9.66. The molecule has 0 bridgehead atoms. The normalized spacial score (nSPS) is 29.9. The van der Waals surface area contributed by atoms with Crippen molar-refractivity contribution in [3.8, 4) is 0 Å². The van der Waals surface area contributed by atoms with Crippen LogP contribution in [0.5, 0.6) is 0 Å². The van der Waals surface area contributed by atoms with Crippen molar-refractivity contribution in [3.05, 3.63) is 0 Å². The first kappa shape index (κ1) is 15.5. The molecule has 0 aliphatic heterocycles. The zero-order valence-corrected chi connectivity index (χ0v) is 12.5. The highest BCUT2D eigenvalue weighted by atomic mass is 16.5. The average Bonchev–Trinajstić information content (AvgIpc) is 2.60. The maximum atomic E-state index is 11.6. The highest BCUT2D eigenvalue weighted by Crippen LogP contribution is 2.54. The third-order valence-electron chi connectivity index (χ3n) is 5.18. The molecule has 3 nitrogen and oxygen atoms in total. The van der Waals surface area contributed by atoms with Gasteiger partial charge < -0.3 is 9.84 Å². The number of aliphatic hydroxyl groups is 1. The summed E-state index contributed by atoms with van der Waals surface area (Å²) < 4.78 is 5.24. The van der Waals surface area contributed by atoms with Crippen molar-refractivity contribution < 1.29 is 14.6 Å². The van der Waals surface area contributed by atoms with E-state index in [1.165, 1.54) is 0 Å². The van der Waals surface area contributed by atoms with Gasteiger partial charge in [-0.15, -0.1) is 0 Å². The van der Waals surface area contributed by atoms with Crippen molar-refractivity contribution in [1.29, 1.82) is 0 Å². The number of ether oxygens (including phenoxy) is 1. The molecular formula is C15H28O3. The van der Waals surface area contributed by atoms with Crippen molar-refractivity contribution in [2.75, 3.05) is 6.61 Å². The first-order valence-electron chi connectivity index (χ1n) is 7.09. The molecule has 1 N–H and O–H groups in total. The average molecular weight is 256 g/mol. The minimum Gasteiger partial charge on any atom is -0.463 e. The number of carbonyl (C=O) groups is 1. The Kier molecular flexibility index (Phi) is 4.82. The predicted octanol–water partition coefficient (Wildman–Crippen LogP) is 3.15. The Bertz CT molecular complexity index is 298. The molecule has 3 heteroatoms. The maximum absolute atomic E-state index is 11.6. The van der Waals surface area contributed by atoms with E-state index in [9.17, 15) is 9.90 Å². The number of carbonyl (C=O) groups excluding carboxylic acids is 1. The molecule has 3 unspecified atom stereocenters. The highest BCUT2D eigenvalue weighted by Gasteiger charge is 2.49. The fraction of sp³-hybridized carbons (Fsp3) is 0.933. The molecule has 0 radical (unpaired) electrons. The summed E-state index contributed by atoms with van der Waals surface area (Å²) in [6, 6.07) is 0. The maximum Gasteiger partial charge on any atom is 0.308 e. The standard InChI is InChI=1S/C15H28O3/c1-6-11(2)13(17)18-10-12(16)15(5)9-7-8-14(15,3)4/h11-12,16H,6-10H2,1-5H3. The largest absolute Gasteiger partial charge is 0.463 e. The second-order valence-corrected chi connectivity index (χ2v) is 6.61. The van der Waals surface area contributed by atoms with E-state index in [4.69, 9.17) is 4.74 Å². The van der Waals surface area contributed by atoms with Gasteiger partial charge in [0.25, 0.3) is 0 Å². The van der Waals surface area contributed by atoms with Crippen LogP contribution in [0.2, 0.25) is 0 Å². The van der Waals surface area contributed by atoms with Gasteiger partial charge in [-0.3, -0.25) is 4.79 Å². The molecule has 106 valence electrons. The first-order chi connectivity index (χ1) is 8.24. The van der Waals surface area contributed by atoms with Crippen molar-refractivity contribution in [1.82, 2.24) is 0 Å². The molecule has 0 aromatic carbocycles. The third kappa shape index (κ3) is 2.87. The molecule has 1 aliphatic carbocycles. The molecular weight excluding hydrogens is 228 g/mol. The summed E-state index contributed by atoms with van der Waals surface area (Å²) in [5.41, 5.74) is -0.0437. The van der Waals surface area contributed by atoms with Crippen LogP contribution in [-0.2, 0) is 9.53 Å². The Hall–Kier alpha value is -0.570. The van der Waals surface area contributed by atoms with Gasteiger partial charge in [0.1, 0.15) is 6.61 Å². The van der Waals surface area contributed by atoms with Crippen molar-refractivity contribution in [3.63, 3.8) is 0 Å². The zero-order valence-electron chi connectivity index (χ0n) is 12.5. The topological polar surface area (TPSA) is 46.5 Å². The van der Waals surface area contributed by atoms with Crippen LogP contribution >= 0.6 is 0 Å². The van der Waals surface area contributed by atoms with Crippen LogP contribution in [0.1, 0.15) is 60.3 Å². The Morgan fingerprint density at radius 2 is 1.94 bits per heavy atom. The molecule has 0 heterocycles. The Morgan fingerprint density at radius 1 is 1.33 bits per heavy atom. The van der Waals surface area contributed by atoms with Gasteiger partial charge in [0.2, 0.25) is 0 Å². The van der Waals surface area contributed by atoms with E-state index in [1.54, 1.807) is 0 Å². The van der Waals surface area contributed by atoms with Crippen molar-refractivity contribution in [2.24, 2.45) is 16.7 Å². The predicted molar refractivity (Wildman–Crippen MR) is 72.2 cm³/mol. The Labute approximate surface area is 111 Å². The van der Waals surface area contributed by atoms with Crippen LogP contribution < -0.4 is 0 Å². The van der Waals surface area contributed by atoms with Gasteiger partial charge in [-0.05, 0) is 24.7 Å². The van der Waals surface area contributed by atoms with E-state index in [2.05, 4.69) is 20.8 Å². The summed E-state index contributed by atoms with van der Waals surface area (Å²) in [7, 11) is 0. The summed E-state index contributed by atoms with van der Waals surface area (Å²) >= 11 is 0. The molecule has 18 heavy (non-hydrogen) atoms. The van der Waals surface area contributed by atoms with Gasteiger partial charge in [0.15, 0.2) is 0 Å². The number of aliphatic hydroxyl groups excluding tert-OH is 1. The van der Waals surface area contributed by atoms with Gasteiger partial charge in [-0.1, -0.05) is 41.0 Å². The van der Waals surface area contributed by atoms with Crippen molar-refractivity contribution >= 4 is 5.97 Å². The Morgan fingerprint density at radius 3 is 2.39 bits per heavy atom. The number of hydrogen-bond donors (Lipinski definition) is 1. The molecule has 0 amide bonds.